The van der Waals surface area contributed by atoms with E-state index in [0.717, 1.165) is 11.3 Å². The van der Waals surface area contributed by atoms with Crippen molar-refractivity contribution < 1.29 is 14.3 Å². The number of anilines is 3. The number of hydrogen-bond acceptors (Lipinski definition) is 8. The molecule has 0 unspecified atom stereocenters. The lowest BCUT2D eigenvalue weighted by Gasteiger charge is -2.13. The van der Waals surface area contributed by atoms with Gasteiger partial charge in [0, 0.05) is 11.8 Å². The summed E-state index contributed by atoms with van der Waals surface area (Å²) in [4.78, 5) is 12.5. The van der Waals surface area contributed by atoms with Crippen LogP contribution in [-0.4, -0.2) is 35.1 Å². The van der Waals surface area contributed by atoms with Gasteiger partial charge >= 0.3 is 0 Å². The zero-order valence-electron chi connectivity index (χ0n) is 17.1. The number of aryl methyl sites for hydroxylation is 1. The Labute approximate surface area is 184 Å². The number of aromatic nitrogens is 2. The molecule has 158 valence electrons. The number of ether oxygens (including phenoxy) is 2. The minimum absolute atomic E-state index is 0.155. The van der Waals surface area contributed by atoms with E-state index in [0.29, 0.717) is 39.9 Å². The zero-order chi connectivity index (χ0) is 21.3. The molecule has 0 fully saturated rings. The first-order chi connectivity index (χ1) is 14.6. The summed E-state index contributed by atoms with van der Waals surface area (Å²) in [6.07, 6.45) is 0. The maximum absolute atomic E-state index is 12.5. The second-order valence-corrected chi connectivity index (χ2v) is 8.43. The fourth-order valence-corrected chi connectivity index (χ4v) is 4.20. The molecule has 2 N–H and O–H groups in total. The van der Waals surface area contributed by atoms with Crippen molar-refractivity contribution in [1.82, 2.24) is 10.2 Å². The van der Waals surface area contributed by atoms with Gasteiger partial charge < -0.3 is 20.1 Å². The Morgan fingerprint density at radius 1 is 1.10 bits per heavy atom. The third-order valence-corrected chi connectivity index (χ3v) is 5.81. The Kier molecular flexibility index (Phi) is 7.92. The second kappa shape index (κ2) is 10.8. The van der Waals surface area contributed by atoms with E-state index in [2.05, 4.69) is 20.8 Å². The lowest BCUT2D eigenvalue weighted by Crippen LogP contribution is -2.15. The summed E-state index contributed by atoms with van der Waals surface area (Å²) in [6, 6.07) is 13.4. The molecule has 9 heteroatoms. The molecular weight excluding hydrogens is 420 g/mol. The highest BCUT2D eigenvalue weighted by Crippen LogP contribution is 2.31. The van der Waals surface area contributed by atoms with E-state index in [-0.39, 0.29) is 11.7 Å². The molecular formula is C21H24N4O3S2. The highest BCUT2D eigenvalue weighted by Gasteiger charge is 2.12. The summed E-state index contributed by atoms with van der Waals surface area (Å²) in [5.74, 6) is 1.35. The van der Waals surface area contributed by atoms with Gasteiger partial charge in [0.25, 0.3) is 0 Å². The number of amides is 1. The van der Waals surface area contributed by atoms with Crippen LogP contribution in [0.1, 0.15) is 19.4 Å². The summed E-state index contributed by atoms with van der Waals surface area (Å²) in [5, 5.41) is 15.1. The normalized spacial score (nSPS) is 10.5. The van der Waals surface area contributed by atoms with Crippen molar-refractivity contribution in [1.29, 1.82) is 0 Å². The molecule has 0 saturated carbocycles. The van der Waals surface area contributed by atoms with Crippen molar-refractivity contribution in [2.24, 2.45) is 0 Å². The molecule has 0 bridgehead atoms. The smallest absolute Gasteiger partial charge is 0.234 e. The van der Waals surface area contributed by atoms with Crippen LogP contribution in [-0.2, 0) is 4.79 Å². The molecule has 0 radical (unpaired) electrons. The fourth-order valence-electron chi connectivity index (χ4n) is 2.62. The molecule has 0 atom stereocenters. The van der Waals surface area contributed by atoms with E-state index in [9.17, 15) is 4.79 Å². The number of benzene rings is 2. The molecule has 0 aliphatic rings. The van der Waals surface area contributed by atoms with E-state index in [1.54, 1.807) is 12.1 Å². The molecule has 1 heterocycles. The average molecular weight is 445 g/mol. The highest BCUT2D eigenvalue weighted by molar-refractivity contribution is 8.01. The van der Waals surface area contributed by atoms with Crippen molar-refractivity contribution in [3.63, 3.8) is 0 Å². The number of rotatable bonds is 10. The Morgan fingerprint density at radius 2 is 1.93 bits per heavy atom. The summed E-state index contributed by atoms with van der Waals surface area (Å²) in [7, 11) is 0. The molecule has 3 aromatic rings. The molecule has 7 nitrogen and oxygen atoms in total. The minimum atomic E-state index is -0.155. The molecule has 0 spiro atoms. The monoisotopic (exact) mass is 444 g/mol. The van der Waals surface area contributed by atoms with E-state index < -0.39 is 0 Å². The minimum Gasteiger partial charge on any atom is -0.494 e. The van der Waals surface area contributed by atoms with Gasteiger partial charge in [-0.2, -0.15) is 0 Å². The van der Waals surface area contributed by atoms with E-state index >= 15 is 0 Å². The molecule has 30 heavy (non-hydrogen) atoms. The molecule has 1 amide bonds. The Balaban J connectivity index is 1.57. The summed E-state index contributed by atoms with van der Waals surface area (Å²) >= 11 is 2.74. The SMILES string of the molecule is CCOc1ccc(OCC)c(NC(=O)CSc2nnc(Nc3cccc(C)c3)s2)c1. The maximum Gasteiger partial charge on any atom is 0.234 e. The van der Waals surface area contributed by atoms with Crippen LogP contribution in [0.3, 0.4) is 0 Å². The topological polar surface area (TPSA) is 85.4 Å². The Hall–Kier alpha value is -2.78. The molecule has 0 saturated heterocycles. The quantitative estimate of drug-likeness (QED) is 0.420. The van der Waals surface area contributed by atoms with Gasteiger partial charge in [-0.1, -0.05) is 35.2 Å². The van der Waals surface area contributed by atoms with Crippen molar-refractivity contribution in [2.75, 3.05) is 29.6 Å². The number of carbonyl (C=O) groups excluding carboxylic acids is 1. The van der Waals surface area contributed by atoms with Gasteiger partial charge in [0.1, 0.15) is 11.5 Å². The van der Waals surface area contributed by atoms with Crippen molar-refractivity contribution >= 4 is 45.5 Å². The predicted octanol–water partition coefficient (Wildman–Crippen LogP) is 5.12. The van der Waals surface area contributed by atoms with Gasteiger partial charge in [-0.3, -0.25) is 4.79 Å². The Morgan fingerprint density at radius 3 is 2.70 bits per heavy atom. The summed E-state index contributed by atoms with van der Waals surface area (Å²) in [5.41, 5.74) is 2.71. The Bertz CT molecular complexity index is 994. The van der Waals surface area contributed by atoms with Crippen molar-refractivity contribution in [2.45, 2.75) is 25.1 Å². The van der Waals surface area contributed by atoms with E-state index in [1.165, 1.54) is 23.1 Å². The van der Waals surface area contributed by atoms with Gasteiger partial charge in [-0.05, 0) is 50.6 Å². The van der Waals surface area contributed by atoms with Crippen molar-refractivity contribution in [3.8, 4) is 11.5 Å². The number of carbonyl (C=O) groups is 1. The summed E-state index contributed by atoms with van der Waals surface area (Å²) in [6.45, 7) is 6.90. The first-order valence-corrected chi connectivity index (χ1v) is 11.4. The predicted molar refractivity (Wildman–Crippen MR) is 123 cm³/mol. The van der Waals surface area contributed by atoms with Crippen LogP contribution < -0.4 is 20.1 Å². The van der Waals surface area contributed by atoms with Crippen LogP contribution in [0.15, 0.2) is 46.8 Å². The molecule has 1 aromatic heterocycles. The lowest BCUT2D eigenvalue weighted by atomic mass is 10.2. The second-order valence-electron chi connectivity index (χ2n) is 6.23. The summed E-state index contributed by atoms with van der Waals surface area (Å²) < 4.78 is 11.8. The van der Waals surface area contributed by atoms with E-state index in [4.69, 9.17) is 9.47 Å². The largest absolute Gasteiger partial charge is 0.494 e. The first-order valence-electron chi connectivity index (χ1n) is 9.57. The van der Waals surface area contributed by atoms with Gasteiger partial charge in [0.2, 0.25) is 11.0 Å². The third kappa shape index (κ3) is 6.36. The van der Waals surface area contributed by atoms with Crippen LogP contribution >= 0.6 is 23.1 Å². The van der Waals surface area contributed by atoms with Gasteiger partial charge in [-0.25, -0.2) is 0 Å². The van der Waals surface area contributed by atoms with Crippen LogP contribution in [0.4, 0.5) is 16.5 Å². The number of nitrogens with one attached hydrogen (secondary N) is 2. The standard InChI is InChI=1S/C21H24N4O3S2/c1-4-27-16-9-10-18(28-5-2)17(12-16)23-19(26)13-29-21-25-24-20(30-21)22-15-8-6-7-14(3)11-15/h6-12H,4-5,13H2,1-3H3,(H,22,24)(H,23,26). The van der Waals surface area contributed by atoms with Crippen LogP contribution in [0.2, 0.25) is 0 Å². The fraction of sp³-hybridized carbons (Fsp3) is 0.286. The molecule has 0 aliphatic heterocycles. The molecule has 2 aromatic carbocycles. The lowest BCUT2D eigenvalue weighted by molar-refractivity contribution is -0.113. The van der Waals surface area contributed by atoms with Crippen LogP contribution in [0, 0.1) is 6.92 Å². The highest BCUT2D eigenvalue weighted by atomic mass is 32.2. The van der Waals surface area contributed by atoms with Crippen molar-refractivity contribution in [3.05, 3.63) is 48.0 Å². The number of nitrogens with zero attached hydrogens (tertiary/aromatic N) is 2. The van der Waals surface area contributed by atoms with Crippen LogP contribution in [0.25, 0.3) is 0 Å². The van der Waals surface area contributed by atoms with Gasteiger partial charge in [-0.15, -0.1) is 10.2 Å². The first kappa shape index (κ1) is 21.9. The molecule has 0 aliphatic carbocycles. The molecule has 3 rings (SSSR count). The number of hydrogen-bond donors (Lipinski definition) is 2. The van der Waals surface area contributed by atoms with Crippen LogP contribution in [0.5, 0.6) is 11.5 Å². The third-order valence-electron chi connectivity index (χ3n) is 3.84. The average Bonchev–Trinajstić information content (AvgIpc) is 3.16. The van der Waals surface area contributed by atoms with E-state index in [1.807, 2.05) is 51.1 Å². The maximum atomic E-state index is 12.5. The van der Waals surface area contributed by atoms with Gasteiger partial charge in [0.15, 0.2) is 4.34 Å². The number of thioether (sulfide) groups is 1. The van der Waals surface area contributed by atoms with Gasteiger partial charge in [0.05, 0.1) is 24.7 Å². The zero-order valence-corrected chi connectivity index (χ0v) is 18.7.